The fourth-order valence-electron chi connectivity index (χ4n) is 2.68. The summed E-state index contributed by atoms with van der Waals surface area (Å²) in [4.78, 5) is 16.8. The number of hydrogen-bond donors (Lipinski definition) is 1. The first kappa shape index (κ1) is 17.5. The summed E-state index contributed by atoms with van der Waals surface area (Å²) in [5.74, 6) is 0.384. The van der Waals surface area contributed by atoms with Gasteiger partial charge in [0.2, 0.25) is 5.91 Å². The Morgan fingerprint density at radius 1 is 1.08 bits per heavy atom. The number of fused-ring (bicyclic) bond motifs is 1. The Morgan fingerprint density at radius 3 is 2.60 bits per heavy atom. The van der Waals surface area contributed by atoms with Crippen molar-refractivity contribution in [2.24, 2.45) is 0 Å². The molecule has 3 rings (SSSR count). The Kier molecular flexibility index (Phi) is 5.71. The summed E-state index contributed by atoms with van der Waals surface area (Å²) in [6.45, 7) is 4.15. The number of carbonyl (C=O) groups excluding carboxylic acids is 1. The maximum absolute atomic E-state index is 12.2. The summed E-state index contributed by atoms with van der Waals surface area (Å²) in [6, 6.07) is 20.4. The molecule has 1 aromatic heterocycles. The number of aryl methyl sites for hydroxylation is 1. The number of para-hydroxylation sites is 1. The van der Waals surface area contributed by atoms with Crippen LogP contribution in [0.15, 0.2) is 65.7 Å². The Bertz CT molecular complexity index is 861. The maximum atomic E-state index is 12.2. The number of carbonyl (C=O) groups is 1. The Balaban J connectivity index is 1.55. The molecule has 1 heterocycles. The fourth-order valence-corrected chi connectivity index (χ4v) is 3.37. The Labute approximate surface area is 152 Å². The Hall–Kier alpha value is -2.33. The minimum atomic E-state index is 0.00330. The first-order chi connectivity index (χ1) is 12.2. The highest BCUT2D eigenvalue weighted by Crippen LogP contribution is 2.20. The lowest BCUT2D eigenvalue weighted by atomic mass is 10.1. The average Bonchev–Trinajstić information content (AvgIpc) is 2.66. The summed E-state index contributed by atoms with van der Waals surface area (Å²) in [5, 5.41) is 5.03. The quantitative estimate of drug-likeness (QED) is 0.651. The van der Waals surface area contributed by atoms with Gasteiger partial charge in [0.05, 0.1) is 22.3 Å². The summed E-state index contributed by atoms with van der Waals surface area (Å²) in [5.41, 5.74) is 3.39. The molecule has 25 heavy (non-hydrogen) atoms. The number of hydrogen-bond acceptors (Lipinski definition) is 3. The van der Waals surface area contributed by atoms with Crippen LogP contribution in [0, 0.1) is 0 Å². The van der Waals surface area contributed by atoms with Crippen molar-refractivity contribution >= 4 is 28.6 Å². The molecule has 128 valence electrons. The zero-order valence-electron chi connectivity index (χ0n) is 14.5. The van der Waals surface area contributed by atoms with Crippen LogP contribution in [-0.4, -0.2) is 16.6 Å². The summed E-state index contributed by atoms with van der Waals surface area (Å²) < 4.78 is 0. The van der Waals surface area contributed by atoms with Crippen molar-refractivity contribution in [1.82, 2.24) is 10.3 Å². The van der Waals surface area contributed by atoms with Gasteiger partial charge in [0.25, 0.3) is 0 Å². The van der Waals surface area contributed by atoms with Crippen LogP contribution in [0.5, 0.6) is 0 Å². The summed E-state index contributed by atoms with van der Waals surface area (Å²) in [6.07, 6.45) is 1.02. The molecule has 0 bridgehead atoms. The number of pyridine rings is 1. The molecular formula is C21H22N2OS. The van der Waals surface area contributed by atoms with E-state index in [0.29, 0.717) is 5.75 Å². The fraction of sp³-hybridized carbons (Fsp3) is 0.238. The summed E-state index contributed by atoms with van der Waals surface area (Å²) in [7, 11) is 0. The second-order valence-corrected chi connectivity index (χ2v) is 7.01. The van der Waals surface area contributed by atoms with Crippen molar-refractivity contribution in [3.8, 4) is 0 Å². The third-order valence-corrected chi connectivity index (χ3v) is 5.12. The highest BCUT2D eigenvalue weighted by Gasteiger charge is 2.10. The number of amides is 1. The minimum absolute atomic E-state index is 0.00330. The standard InChI is InChI=1S/C21H22N2OS/c1-3-16-8-10-17(11-9-16)15(2)22-20(24)14-25-21-13-12-18-6-4-5-7-19(18)23-21/h4-13,15H,3,14H2,1-2H3,(H,22,24)/t15-/m1/s1. The van der Waals surface area contributed by atoms with Gasteiger partial charge in [0.1, 0.15) is 0 Å². The summed E-state index contributed by atoms with van der Waals surface area (Å²) >= 11 is 1.46. The highest BCUT2D eigenvalue weighted by atomic mass is 32.2. The minimum Gasteiger partial charge on any atom is -0.349 e. The van der Waals surface area contributed by atoms with E-state index in [2.05, 4.69) is 41.5 Å². The van der Waals surface area contributed by atoms with Crippen molar-refractivity contribution in [2.75, 3.05) is 5.75 Å². The molecule has 0 aliphatic heterocycles. The van der Waals surface area contributed by atoms with Crippen molar-refractivity contribution in [3.05, 3.63) is 71.8 Å². The van der Waals surface area contributed by atoms with Crippen LogP contribution in [0.1, 0.15) is 31.0 Å². The third kappa shape index (κ3) is 4.60. The first-order valence-electron chi connectivity index (χ1n) is 8.52. The number of thioether (sulfide) groups is 1. The highest BCUT2D eigenvalue weighted by molar-refractivity contribution is 7.99. The van der Waals surface area contributed by atoms with E-state index in [-0.39, 0.29) is 11.9 Å². The number of rotatable bonds is 6. The lowest BCUT2D eigenvalue weighted by Gasteiger charge is -2.14. The van der Waals surface area contributed by atoms with Gasteiger partial charge in [-0.2, -0.15) is 0 Å². The molecule has 3 aromatic rings. The van der Waals surface area contributed by atoms with E-state index in [9.17, 15) is 4.79 Å². The number of nitrogens with zero attached hydrogens (tertiary/aromatic N) is 1. The number of nitrogens with one attached hydrogen (secondary N) is 1. The van der Waals surface area contributed by atoms with Crippen LogP contribution in [0.4, 0.5) is 0 Å². The van der Waals surface area contributed by atoms with Gasteiger partial charge in [-0.3, -0.25) is 4.79 Å². The van der Waals surface area contributed by atoms with Gasteiger partial charge in [-0.1, -0.05) is 67.2 Å². The monoisotopic (exact) mass is 350 g/mol. The smallest absolute Gasteiger partial charge is 0.230 e. The van der Waals surface area contributed by atoms with Crippen molar-refractivity contribution in [3.63, 3.8) is 0 Å². The lowest BCUT2D eigenvalue weighted by molar-refractivity contribution is -0.119. The normalized spacial score (nSPS) is 12.1. The predicted molar refractivity (Wildman–Crippen MR) is 105 cm³/mol. The zero-order chi connectivity index (χ0) is 17.6. The van der Waals surface area contributed by atoms with Crippen LogP contribution in [0.25, 0.3) is 10.9 Å². The van der Waals surface area contributed by atoms with E-state index in [1.165, 1.54) is 17.3 Å². The van der Waals surface area contributed by atoms with Gasteiger partial charge < -0.3 is 5.32 Å². The molecular weight excluding hydrogens is 328 g/mol. The second kappa shape index (κ2) is 8.17. The topological polar surface area (TPSA) is 42.0 Å². The molecule has 2 aromatic carbocycles. The molecule has 0 saturated carbocycles. The molecule has 0 aliphatic carbocycles. The van der Waals surface area contributed by atoms with Crippen molar-refractivity contribution in [1.29, 1.82) is 0 Å². The second-order valence-electron chi connectivity index (χ2n) is 6.02. The lowest BCUT2D eigenvalue weighted by Crippen LogP contribution is -2.28. The zero-order valence-corrected chi connectivity index (χ0v) is 15.3. The van der Waals surface area contributed by atoms with Crippen LogP contribution >= 0.6 is 11.8 Å². The van der Waals surface area contributed by atoms with Gasteiger partial charge in [-0.15, -0.1) is 0 Å². The molecule has 0 radical (unpaired) electrons. The molecule has 1 N–H and O–H groups in total. The van der Waals surface area contributed by atoms with Gasteiger partial charge in [0, 0.05) is 5.39 Å². The molecule has 1 amide bonds. The van der Waals surface area contributed by atoms with Gasteiger partial charge in [-0.25, -0.2) is 4.98 Å². The van der Waals surface area contributed by atoms with Crippen molar-refractivity contribution < 1.29 is 4.79 Å². The Morgan fingerprint density at radius 2 is 1.84 bits per heavy atom. The van der Waals surface area contributed by atoms with E-state index in [4.69, 9.17) is 0 Å². The SMILES string of the molecule is CCc1ccc([C@@H](C)NC(=O)CSc2ccc3ccccc3n2)cc1. The number of aromatic nitrogens is 1. The molecule has 0 saturated heterocycles. The van der Waals surface area contributed by atoms with E-state index in [1.54, 1.807) is 0 Å². The molecule has 4 heteroatoms. The van der Waals surface area contributed by atoms with Crippen molar-refractivity contribution in [2.45, 2.75) is 31.3 Å². The van der Waals surface area contributed by atoms with Gasteiger partial charge in [0.15, 0.2) is 0 Å². The van der Waals surface area contributed by atoms with Crippen LogP contribution < -0.4 is 5.32 Å². The molecule has 0 unspecified atom stereocenters. The molecule has 0 spiro atoms. The molecule has 1 atom stereocenters. The first-order valence-corrected chi connectivity index (χ1v) is 9.51. The van der Waals surface area contributed by atoms with Crippen LogP contribution in [-0.2, 0) is 11.2 Å². The third-order valence-electron chi connectivity index (χ3n) is 4.19. The molecule has 3 nitrogen and oxygen atoms in total. The van der Waals surface area contributed by atoms with Crippen LogP contribution in [0.2, 0.25) is 0 Å². The van der Waals surface area contributed by atoms with Crippen LogP contribution in [0.3, 0.4) is 0 Å². The maximum Gasteiger partial charge on any atom is 0.230 e. The largest absolute Gasteiger partial charge is 0.349 e. The van der Waals surface area contributed by atoms with E-state index in [0.717, 1.165) is 27.9 Å². The predicted octanol–water partition coefficient (Wildman–Crippen LogP) is 4.77. The number of benzene rings is 2. The van der Waals surface area contributed by atoms with Gasteiger partial charge >= 0.3 is 0 Å². The van der Waals surface area contributed by atoms with E-state index >= 15 is 0 Å². The molecule has 0 aliphatic rings. The molecule has 0 fully saturated rings. The van der Waals surface area contributed by atoms with E-state index in [1.807, 2.05) is 43.3 Å². The average molecular weight is 350 g/mol. The van der Waals surface area contributed by atoms with Gasteiger partial charge in [-0.05, 0) is 36.6 Å². The van der Waals surface area contributed by atoms with E-state index < -0.39 is 0 Å².